The summed E-state index contributed by atoms with van der Waals surface area (Å²) in [6.07, 6.45) is 5.38. The van der Waals surface area contributed by atoms with E-state index < -0.39 is 5.97 Å². The van der Waals surface area contributed by atoms with Crippen molar-refractivity contribution < 1.29 is 19.1 Å². The molecule has 3 fully saturated rings. The monoisotopic (exact) mass is 261 g/mol. The van der Waals surface area contributed by atoms with Crippen LogP contribution < -0.4 is 0 Å². The molecule has 5 aliphatic rings. The molecule has 1 aliphatic heterocycles. The summed E-state index contributed by atoms with van der Waals surface area (Å²) < 4.78 is 4.56. The van der Waals surface area contributed by atoms with E-state index in [1.54, 1.807) is 0 Å². The lowest BCUT2D eigenvalue weighted by atomic mass is 9.63. The molecule has 1 heterocycles. The molecule has 0 spiro atoms. The van der Waals surface area contributed by atoms with Gasteiger partial charge in [0.15, 0.2) is 0 Å². The van der Waals surface area contributed by atoms with Gasteiger partial charge in [0, 0.05) is 0 Å². The van der Waals surface area contributed by atoms with Crippen molar-refractivity contribution in [3.63, 3.8) is 0 Å². The van der Waals surface area contributed by atoms with Gasteiger partial charge in [-0.15, -0.1) is 0 Å². The topological polar surface area (TPSA) is 63.7 Å². The van der Waals surface area contributed by atoms with Gasteiger partial charge in [0.1, 0.15) is 6.54 Å². The zero-order chi connectivity index (χ0) is 13.3. The van der Waals surface area contributed by atoms with E-state index in [1.165, 1.54) is 7.11 Å². The lowest BCUT2D eigenvalue weighted by Gasteiger charge is -2.37. The number of methoxy groups -OCH3 is 1. The number of amides is 2. The molecule has 5 rings (SSSR count). The van der Waals surface area contributed by atoms with Crippen molar-refractivity contribution in [2.24, 2.45) is 35.5 Å². The maximum Gasteiger partial charge on any atom is 0.325 e. The highest BCUT2D eigenvalue weighted by molar-refractivity contribution is 6.07. The Morgan fingerprint density at radius 1 is 1.21 bits per heavy atom. The second kappa shape index (κ2) is 3.46. The molecule has 2 amide bonds. The van der Waals surface area contributed by atoms with E-state index in [-0.39, 0.29) is 42.0 Å². The first-order valence-corrected chi connectivity index (χ1v) is 6.74. The first-order valence-electron chi connectivity index (χ1n) is 6.74. The third kappa shape index (κ3) is 1.28. The highest BCUT2D eigenvalue weighted by atomic mass is 16.5. The van der Waals surface area contributed by atoms with Crippen LogP contribution in [-0.2, 0) is 19.1 Å². The molecule has 0 radical (unpaired) electrons. The molecular weight excluding hydrogens is 246 g/mol. The predicted molar refractivity (Wildman–Crippen MR) is 63.4 cm³/mol. The van der Waals surface area contributed by atoms with Crippen LogP contribution in [0.25, 0.3) is 0 Å². The average molecular weight is 261 g/mol. The Morgan fingerprint density at radius 2 is 1.74 bits per heavy atom. The molecule has 0 aromatic heterocycles. The van der Waals surface area contributed by atoms with Crippen molar-refractivity contribution in [3.05, 3.63) is 12.2 Å². The summed E-state index contributed by atoms with van der Waals surface area (Å²) in [6.45, 7) is -0.240. The minimum absolute atomic E-state index is 0.176. The number of imide groups is 1. The molecule has 0 N–H and O–H groups in total. The fourth-order valence-corrected chi connectivity index (χ4v) is 4.37. The van der Waals surface area contributed by atoms with Gasteiger partial charge < -0.3 is 4.74 Å². The van der Waals surface area contributed by atoms with Crippen LogP contribution in [0.2, 0.25) is 0 Å². The zero-order valence-electron chi connectivity index (χ0n) is 10.6. The molecule has 0 unspecified atom stereocenters. The van der Waals surface area contributed by atoms with Gasteiger partial charge in [-0.25, -0.2) is 0 Å². The number of hydrogen-bond donors (Lipinski definition) is 0. The quantitative estimate of drug-likeness (QED) is 0.405. The molecule has 2 bridgehead atoms. The van der Waals surface area contributed by atoms with Gasteiger partial charge >= 0.3 is 5.97 Å². The van der Waals surface area contributed by atoms with Crippen molar-refractivity contribution in [2.75, 3.05) is 13.7 Å². The smallest absolute Gasteiger partial charge is 0.325 e. The van der Waals surface area contributed by atoms with E-state index in [2.05, 4.69) is 16.9 Å². The van der Waals surface area contributed by atoms with Crippen LogP contribution >= 0.6 is 0 Å². The van der Waals surface area contributed by atoms with E-state index in [1.807, 2.05) is 0 Å². The number of esters is 1. The Bertz CT molecular complexity index is 490. The van der Waals surface area contributed by atoms with Crippen molar-refractivity contribution in [1.29, 1.82) is 0 Å². The first kappa shape index (κ1) is 11.2. The number of allylic oxidation sites excluding steroid dienone is 2. The van der Waals surface area contributed by atoms with Crippen molar-refractivity contribution in [1.82, 2.24) is 4.90 Å². The van der Waals surface area contributed by atoms with Crippen molar-refractivity contribution >= 4 is 17.8 Å². The van der Waals surface area contributed by atoms with Crippen LogP contribution in [0.5, 0.6) is 0 Å². The van der Waals surface area contributed by atoms with Crippen LogP contribution in [0.1, 0.15) is 6.42 Å². The van der Waals surface area contributed by atoms with E-state index in [4.69, 9.17) is 0 Å². The molecule has 6 atom stereocenters. The Labute approximate surface area is 110 Å². The van der Waals surface area contributed by atoms with Crippen LogP contribution in [-0.4, -0.2) is 36.3 Å². The van der Waals surface area contributed by atoms with Crippen LogP contribution in [0.4, 0.5) is 0 Å². The third-order valence-electron chi connectivity index (χ3n) is 5.27. The lowest BCUT2D eigenvalue weighted by molar-refractivity contribution is -0.151. The lowest BCUT2D eigenvalue weighted by Crippen LogP contribution is -2.40. The van der Waals surface area contributed by atoms with Crippen molar-refractivity contribution in [2.45, 2.75) is 6.42 Å². The summed E-state index contributed by atoms with van der Waals surface area (Å²) in [6, 6.07) is 0. The second-order valence-electron chi connectivity index (χ2n) is 5.99. The predicted octanol–water partition coefficient (Wildman–Crippen LogP) is 0.212. The molecule has 19 heavy (non-hydrogen) atoms. The number of carbonyl (C=O) groups is 3. The number of carbonyl (C=O) groups excluding carboxylic acids is 3. The summed E-state index contributed by atoms with van der Waals surface area (Å²) in [5.74, 6) is 0.253. The molecule has 2 saturated carbocycles. The SMILES string of the molecule is COC(=O)CN1C(=O)[C@@H]2[C@H]3C=C[C@@H]([C@@H]4C[C@H]34)[C@H]2C1=O. The number of ether oxygens (including phenoxy) is 1. The maximum absolute atomic E-state index is 12.4. The minimum Gasteiger partial charge on any atom is -0.468 e. The molecule has 100 valence electrons. The van der Waals surface area contributed by atoms with Crippen LogP contribution in [0, 0.1) is 35.5 Å². The fraction of sp³-hybridized carbons (Fsp3) is 0.643. The Kier molecular flexibility index (Phi) is 2.04. The van der Waals surface area contributed by atoms with E-state index in [0.29, 0.717) is 11.8 Å². The fourth-order valence-electron chi connectivity index (χ4n) is 4.37. The molecule has 0 aromatic rings. The van der Waals surface area contributed by atoms with Gasteiger partial charge in [-0.2, -0.15) is 0 Å². The molecular formula is C14H15NO4. The summed E-state index contributed by atoms with van der Waals surface area (Å²) in [4.78, 5) is 37.3. The molecule has 0 aromatic carbocycles. The maximum atomic E-state index is 12.4. The normalized spacial score (nSPS) is 45.2. The Morgan fingerprint density at radius 3 is 2.21 bits per heavy atom. The van der Waals surface area contributed by atoms with Gasteiger partial charge in [0.05, 0.1) is 18.9 Å². The molecule has 5 heteroatoms. The molecule has 4 aliphatic carbocycles. The van der Waals surface area contributed by atoms with Crippen LogP contribution in [0.3, 0.4) is 0 Å². The third-order valence-corrected chi connectivity index (χ3v) is 5.27. The summed E-state index contributed by atoms with van der Waals surface area (Å²) in [5.41, 5.74) is 0. The van der Waals surface area contributed by atoms with E-state index in [9.17, 15) is 14.4 Å². The highest BCUT2D eigenvalue weighted by Crippen LogP contribution is 2.65. The number of nitrogens with zero attached hydrogens (tertiary/aromatic N) is 1. The summed E-state index contributed by atoms with van der Waals surface area (Å²) in [5, 5.41) is 0. The average Bonchev–Trinajstić information content (AvgIpc) is 3.20. The Balaban J connectivity index is 1.66. The van der Waals surface area contributed by atoms with Gasteiger partial charge in [-0.3, -0.25) is 19.3 Å². The number of likely N-dealkylation sites (tertiary alicyclic amines) is 1. The van der Waals surface area contributed by atoms with Crippen LogP contribution in [0.15, 0.2) is 12.2 Å². The minimum atomic E-state index is -0.536. The van der Waals surface area contributed by atoms with Gasteiger partial charge in [-0.05, 0) is 30.1 Å². The van der Waals surface area contributed by atoms with E-state index >= 15 is 0 Å². The second-order valence-corrected chi connectivity index (χ2v) is 5.99. The highest BCUT2D eigenvalue weighted by Gasteiger charge is 2.67. The molecule has 5 nitrogen and oxygen atoms in total. The van der Waals surface area contributed by atoms with Gasteiger partial charge in [-0.1, -0.05) is 12.2 Å². The summed E-state index contributed by atoms with van der Waals surface area (Å²) in [7, 11) is 1.26. The van der Waals surface area contributed by atoms with Crippen molar-refractivity contribution in [3.8, 4) is 0 Å². The van der Waals surface area contributed by atoms with Gasteiger partial charge in [0.25, 0.3) is 0 Å². The zero-order valence-corrected chi connectivity index (χ0v) is 10.6. The number of rotatable bonds is 2. The molecule has 1 saturated heterocycles. The standard InChI is InChI=1S/C14H15NO4/c1-19-10(16)5-15-13(17)11-6-2-3-7(9-4-8(6)9)12(11)14(15)18/h2-3,6-9,11-12H,4-5H2,1H3/t6-,7-,8-,9+,11+,12+/m0/s1. The first-order chi connectivity index (χ1) is 9.13. The summed E-state index contributed by atoms with van der Waals surface area (Å²) >= 11 is 0. The Hall–Kier alpha value is -1.65. The number of hydrogen-bond acceptors (Lipinski definition) is 4. The van der Waals surface area contributed by atoms with E-state index in [0.717, 1.165) is 11.3 Å². The largest absolute Gasteiger partial charge is 0.468 e. The van der Waals surface area contributed by atoms with Gasteiger partial charge in [0.2, 0.25) is 11.8 Å².